The molecule has 5 atom stereocenters. The predicted molar refractivity (Wildman–Crippen MR) is 112 cm³/mol. The molecule has 0 aromatic heterocycles. The van der Waals surface area contributed by atoms with Gasteiger partial charge in [0.05, 0.1) is 0 Å². The fourth-order valence-electron chi connectivity index (χ4n) is 5.57. The molecular weight excluding hydrogens is 318 g/mol. The molecule has 3 aliphatic rings. The van der Waals surface area contributed by atoms with Crippen LogP contribution in [0, 0.1) is 17.8 Å². The zero-order valence-electron chi connectivity index (χ0n) is 16.9. The Morgan fingerprint density at radius 3 is 2.20 bits per heavy atom. The van der Waals surface area contributed by atoms with E-state index >= 15 is 0 Å². The Kier molecular flexibility index (Phi) is 3.67. The molecule has 0 spiro atoms. The first kappa shape index (κ1) is 17.1. The molecule has 0 N–H and O–H groups in total. The lowest BCUT2D eigenvalue weighted by Crippen LogP contribution is -2.52. The van der Waals surface area contributed by atoms with Crippen LogP contribution in [0.5, 0.6) is 0 Å². The topological polar surface area (TPSA) is 3.24 Å². The molecule has 1 aliphatic heterocycles. The minimum Gasteiger partial charge on any atom is -0.394 e. The summed E-state index contributed by atoms with van der Waals surface area (Å²) in [5, 5.41) is 0. The van der Waals surface area contributed by atoms with E-state index in [2.05, 4.69) is 94.4 Å². The molecule has 5 unspecified atom stereocenters. The molecule has 25 heavy (non-hydrogen) atoms. The van der Waals surface area contributed by atoms with E-state index in [1.807, 2.05) is 0 Å². The van der Waals surface area contributed by atoms with Gasteiger partial charge in [-0.1, -0.05) is 83.8 Å². The van der Waals surface area contributed by atoms with Crippen molar-refractivity contribution in [3.8, 4) is 0 Å². The Morgan fingerprint density at radius 1 is 0.960 bits per heavy atom. The van der Waals surface area contributed by atoms with Gasteiger partial charge in [-0.2, -0.15) is 0 Å². The Hall–Kier alpha value is -1.28. The number of allylic oxidation sites excluding steroid dienone is 4. The molecule has 1 heterocycles. The van der Waals surface area contributed by atoms with Gasteiger partial charge in [-0.25, -0.2) is 0 Å². The maximum atomic E-state index is 2.88. The summed E-state index contributed by atoms with van der Waals surface area (Å²) < 4.78 is 2.88. The van der Waals surface area contributed by atoms with Crippen LogP contribution in [0.15, 0.2) is 42.5 Å². The van der Waals surface area contributed by atoms with Crippen molar-refractivity contribution in [2.24, 2.45) is 17.8 Å². The van der Waals surface area contributed by atoms with Crippen molar-refractivity contribution in [1.82, 2.24) is 0 Å². The molecule has 2 heteroatoms. The summed E-state index contributed by atoms with van der Waals surface area (Å²) in [4.78, 5) is 0. The number of benzene rings is 1. The normalized spacial score (nSPS) is 33.4. The van der Waals surface area contributed by atoms with E-state index in [-0.39, 0.29) is 5.41 Å². The monoisotopic (exact) mass is 351 g/mol. The van der Waals surface area contributed by atoms with E-state index in [1.54, 1.807) is 5.56 Å². The summed E-state index contributed by atoms with van der Waals surface area (Å²) >= 11 is 0. The molecule has 1 saturated carbocycles. The molecular formula is C23H33NSi. The lowest BCUT2D eigenvalue weighted by Gasteiger charge is -2.41. The molecule has 1 nitrogen and oxygen atoms in total. The van der Waals surface area contributed by atoms with Gasteiger partial charge in [0, 0.05) is 17.6 Å². The van der Waals surface area contributed by atoms with E-state index in [9.17, 15) is 0 Å². The second-order valence-corrected chi connectivity index (χ2v) is 15.2. The van der Waals surface area contributed by atoms with Gasteiger partial charge in [-0.05, 0) is 40.4 Å². The molecule has 0 bridgehead atoms. The Labute approximate surface area is 154 Å². The fourth-order valence-corrected chi connectivity index (χ4v) is 7.79. The van der Waals surface area contributed by atoms with Crippen LogP contribution in [0.1, 0.15) is 44.7 Å². The third kappa shape index (κ3) is 2.48. The van der Waals surface area contributed by atoms with E-state index in [4.69, 9.17) is 0 Å². The van der Waals surface area contributed by atoms with Crippen LogP contribution < -0.4 is 4.57 Å². The van der Waals surface area contributed by atoms with Gasteiger partial charge in [0.2, 0.25) is 0 Å². The van der Waals surface area contributed by atoms with Crippen LogP contribution >= 0.6 is 0 Å². The third-order valence-corrected chi connectivity index (χ3v) is 8.67. The van der Waals surface area contributed by atoms with E-state index < -0.39 is 8.24 Å². The number of anilines is 1. The Bertz CT molecular complexity index is 746. The first-order valence-electron chi connectivity index (χ1n) is 9.89. The lowest BCUT2D eigenvalue weighted by molar-refractivity contribution is 0.428. The average Bonchev–Trinajstić information content (AvgIpc) is 3.00. The molecule has 0 amide bonds. The maximum Gasteiger partial charge on any atom is 0.147 e. The first-order valence-corrected chi connectivity index (χ1v) is 13.3. The van der Waals surface area contributed by atoms with Gasteiger partial charge in [-0.3, -0.25) is 0 Å². The lowest BCUT2D eigenvalue weighted by atomic mass is 9.79. The van der Waals surface area contributed by atoms with Crippen molar-refractivity contribution < 1.29 is 0 Å². The summed E-state index contributed by atoms with van der Waals surface area (Å²) in [7, 11) is -1.45. The number of hydrogen-bond acceptors (Lipinski definition) is 1. The smallest absolute Gasteiger partial charge is 0.147 e. The van der Waals surface area contributed by atoms with Crippen molar-refractivity contribution >= 4 is 13.9 Å². The van der Waals surface area contributed by atoms with Gasteiger partial charge in [0.1, 0.15) is 8.24 Å². The van der Waals surface area contributed by atoms with Crippen molar-refractivity contribution in [3.63, 3.8) is 0 Å². The molecule has 0 saturated heterocycles. The maximum absolute atomic E-state index is 2.88. The molecule has 1 aromatic carbocycles. The minimum absolute atomic E-state index is 0.211. The highest BCUT2D eigenvalue weighted by molar-refractivity contribution is 6.80. The van der Waals surface area contributed by atoms with Crippen LogP contribution in [0.4, 0.5) is 5.69 Å². The van der Waals surface area contributed by atoms with Crippen LogP contribution in [0.3, 0.4) is 0 Å². The van der Waals surface area contributed by atoms with Gasteiger partial charge < -0.3 is 4.57 Å². The molecule has 1 fully saturated rings. The van der Waals surface area contributed by atoms with Gasteiger partial charge >= 0.3 is 0 Å². The summed E-state index contributed by atoms with van der Waals surface area (Å²) in [6.07, 6.45) is 9.52. The van der Waals surface area contributed by atoms with Gasteiger partial charge in [0.25, 0.3) is 0 Å². The quantitative estimate of drug-likeness (QED) is 0.553. The number of rotatable bonds is 1. The zero-order chi connectivity index (χ0) is 18.1. The SMILES string of the molecule is CC1C2C=CC=CC2C2c3cc(C(C)(C)C)ccc3N([Si](C)(C)C)C12. The van der Waals surface area contributed by atoms with Gasteiger partial charge in [-0.15, -0.1) is 0 Å². The fraction of sp³-hybridized carbons (Fsp3) is 0.565. The summed E-state index contributed by atoms with van der Waals surface area (Å²) in [6.45, 7) is 17.0. The largest absolute Gasteiger partial charge is 0.394 e. The number of nitrogens with zero attached hydrogens (tertiary/aromatic N) is 1. The number of hydrogen-bond donors (Lipinski definition) is 0. The minimum atomic E-state index is -1.45. The molecule has 1 aromatic rings. The first-order chi connectivity index (χ1) is 11.6. The standard InChI is InChI=1S/C23H33NSi/c1-15-17-10-8-9-11-18(17)21-19-14-16(23(2,3)4)12-13-20(19)24(22(15)21)25(5,6)7/h8-15,17-18,21-22H,1-7H3. The van der Waals surface area contributed by atoms with Crippen molar-refractivity contribution in [3.05, 3.63) is 53.6 Å². The van der Waals surface area contributed by atoms with Crippen molar-refractivity contribution in [1.29, 1.82) is 0 Å². The van der Waals surface area contributed by atoms with Gasteiger partial charge in [0.15, 0.2) is 0 Å². The Balaban J connectivity index is 1.90. The molecule has 0 radical (unpaired) electrons. The van der Waals surface area contributed by atoms with Crippen molar-refractivity contribution in [2.45, 2.75) is 64.7 Å². The summed E-state index contributed by atoms with van der Waals surface area (Å²) in [6, 6.07) is 8.04. The molecule has 2 aliphatic carbocycles. The predicted octanol–water partition coefficient (Wildman–Crippen LogP) is 6.10. The van der Waals surface area contributed by atoms with Crippen molar-refractivity contribution in [2.75, 3.05) is 4.57 Å². The van der Waals surface area contributed by atoms with Crippen LogP contribution in [-0.2, 0) is 5.41 Å². The highest BCUT2D eigenvalue weighted by atomic mass is 28.3. The highest BCUT2D eigenvalue weighted by Crippen LogP contribution is 2.59. The Morgan fingerprint density at radius 2 is 1.60 bits per heavy atom. The van der Waals surface area contributed by atoms with E-state index in [0.29, 0.717) is 29.7 Å². The van der Waals surface area contributed by atoms with E-state index in [0.717, 1.165) is 0 Å². The highest BCUT2D eigenvalue weighted by Gasteiger charge is 2.56. The summed E-state index contributed by atoms with van der Waals surface area (Å²) in [5.41, 5.74) is 4.85. The second-order valence-electron chi connectivity index (χ2n) is 10.4. The summed E-state index contributed by atoms with van der Waals surface area (Å²) in [5.74, 6) is 2.74. The second kappa shape index (κ2) is 5.36. The van der Waals surface area contributed by atoms with Crippen LogP contribution in [-0.4, -0.2) is 14.3 Å². The molecule has 134 valence electrons. The number of fused-ring (bicyclic) bond motifs is 5. The third-order valence-electron chi connectivity index (χ3n) is 6.68. The van der Waals surface area contributed by atoms with Crippen LogP contribution in [0.2, 0.25) is 19.6 Å². The van der Waals surface area contributed by atoms with Crippen LogP contribution in [0.25, 0.3) is 0 Å². The van der Waals surface area contributed by atoms with E-state index in [1.165, 1.54) is 11.3 Å². The zero-order valence-corrected chi connectivity index (χ0v) is 17.9. The average molecular weight is 352 g/mol. The molecule has 4 rings (SSSR count).